The van der Waals surface area contributed by atoms with Gasteiger partial charge in [0.25, 0.3) is 0 Å². The first-order valence-corrected chi connectivity index (χ1v) is 4.83. The number of thiophene rings is 1. The van der Waals surface area contributed by atoms with Crippen molar-refractivity contribution in [2.45, 2.75) is 6.92 Å². The molecule has 0 aliphatic carbocycles. The van der Waals surface area contributed by atoms with Gasteiger partial charge in [-0.2, -0.15) is 0 Å². The molecule has 0 unspecified atom stereocenters. The molecule has 0 saturated carbocycles. The Morgan fingerprint density at radius 2 is 2.36 bits per heavy atom. The second kappa shape index (κ2) is 3.26. The molecular formula is C9H8N2O2S. The summed E-state index contributed by atoms with van der Waals surface area (Å²) in [6, 6.07) is 3.38. The van der Waals surface area contributed by atoms with Crippen LogP contribution in [0.25, 0.3) is 5.00 Å². The van der Waals surface area contributed by atoms with Crippen molar-refractivity contribution >= 4 is 17.3 Å². The lowest BCUT2D eigenvalue weighted by molar-refractivity contribution is 0.0702. The molecule has 0 radical (unpaired) electrons. The van der Waals surface area contributed by atoms with E-state index < -0.39 is 5.97 Å². The van der Waals surface area contributed by atoms with E-state index in [2.05, 4.69) is 4.98 Å². The minimum absolute atomic E-state index is 0.341. The SMILES string of the molecule is Cc1nccn1-c1ccc(C(=O)O)s1. The largest absolute Gasteiger partial charge is 0.477 e. The highest BCUT2D eigenvalue weighted by atomic mass is 32.1. The molecule has 0 spiro atoms. The number of carboxylic acid groups (broad SMARTS) is 1. The van der Waals surface area contributed by atoms with Gasteiger partial charge in [-0.25, -0.2) is 9.78 Å². The van der Waals surface area contributed by atoms with Gasteiger partial charge in [-0.1, -0.05) is 0 Å². The Morgan fingerprint density at radius 3 is 2.86 bits per heavy atom. The van der Waals surface area contributed by atoms with E-state index in [0.29, 0.717) is 4.88 Å². The standard InChI is InChI=1S/C9H8N2O2S/c1-6-10-4-5-11(6)8-3-2-7(14-8)9(12)13/h2-5H,1H3,(H,12,13). The van der Waals surface area contributed by atoms with E-state index in [1.807, 2.05) is 17.7 Å². The number of hydrogen-bond acceptors (Lipinski definition) is 3. The summed E-state index contributed by atoms with van der Waals surface area (Å²) in [5, 5.41) is 9.62. The lowest BCUT2D eigenvalue weighted by atomic mass is 10.5. The molecular weight excluding hydrogens is 200 g/mol. The normalized spacial score (nSPS) is 10.4. The van der Waals surface area contributed by atoms with Crippen LogP contribution in [-0.2, 0) is 0 Å². The third-order valence-electron chi connectivity index (χ3n) is 1.87. The number of aromatic nitrogens is 2. The molecule has 0 bridgehead atoms. The predicted molar refractivity (Wildman–Crippen MR) is 53.1 cm³/mol. The van der Waals surface area contributed by atoms with E-state index in [9.17, 15) is 4.79 Å². The lowest BCUT2D eigenvalue weighted by Gasteiger charge is -1.98. The van der Waals surface area contributed by atoms with Crippen molar-refractivity contribution in [3.63, 3.8) is 0 Å². The fraction of sp³-hybridized carbons (Fsp3) is 0.111. The number of hydrogen-bond donors (Lipinski definition) is 1. The zero-order valence-corrected chi connectivity index (χ0v) is 8.28. The first kappa shape index (κ1) is 8.96. The summed E-state index contributed by atoms with van der Waals surface area (Å²) in [5.74, 6) is -0.0391. The average Bonchev–Trinajstić information content (AvgIpc) is 2.71. The molecule has 0 aliphatic rings. The van der Waals surface area contributed by atoms with E-state index in [-0.39, 0.29) is 0 Å². The summed E-state index contributed by atoms with van der Waals surface area (Å²) in [5.41, 5.74) is 0. The number of carbonyl (C=O) groups is 1. The molecule has 0 saturated heterocycles. The molecule has 2 aromatic heterocycles. The van der Waals surface area contributed by atoms with Crippen LogP contribution in [-0.4, -0.2) is 20.6 Å². The van der Waals surface area contributed by atoms with Gasteiger partial charge in [0.05, 0.1) is 0 Å². The summed E-state index contributed by atoms with van der Waals surface area (Å²) in [6.07, 6.45) is 3.50. The Hall–Kier alpha value is -1.62. The zero-order valence-electron chi connectivity index (χ0n) is 7.47. The maximum absolute atomic E-state index is 10.7. The summed E-state index contributed by atoms with van der Waals surface area (Å²) < 4.78 is 1.86. The van der Waals surface area contributed by atoms with Crippen molar-refractivity contribution in [2.24, 2.45) is 0 Å². The van der Waals surface area contributed by atoms with E-state index in [4.69, 9.17) is 5.11 Å². The molecule has 0 fully saturated rings. The van der Waals surface area contributed by atoms with Crippen LogP contribution in [0.15, 0.2) is 24.5 Å². The van der Waals surface area contributed by atoms with Gasteiger partial charge in [-0.05, 0) is 19.1 Å². The average molecular weight is 208 g/mol. The molecule has 14 heavy (non-hydrogen) atoms. The summed E-state index contributed by atoms with van der Waals surface area (Å²) in [7, 11) is 0. The van der Waals surface area contributed by atoms with Crippen LogP contribution in [0.3, 0.4) is 0 Å². The van der Waals surface area contributed by atoms with Crippen LogP contribution in [0, 0.1) is 6.92 Å². The molecule has 4 nitrogen and oxygen atoms in total. The van der Waals surface area contributed by atoms with Gasteiger partial charge in [0, 0.05) is 12.4 Å². The third kappa shape index (κ3) is 1.42. The molecule has 0 atom stereocenters. The number of nitrogens with zero attached hydrogens (tertiary/aromatic N) is 2. The van der Waals surface area contributed by atoms with Crippen molar-refractivity contribution in [3.05, 3.63) is 35.2 Å². The summed E-state index contributed by atoms with van der Waals surface area (Å²) in [6.45, 7) is 1.88. The second-order valence-electron chi connectivity index (χ2n) is 2.79. The maximum Gasteiger partial charge on any atom is 0.345 e. The lowest BCUT2D eigenvalue weighted by Crippen LogP contribution is -1.92. The van der Waals surface area contributed by atoms with Crippen molar-refractivity contribution in [1.29, 1.82) is 0 Å². The molecule has 72 valence electrons. The van der Waals surface area contributed by atoms with Crippen LogP contribution in [0.5, 0.6) is 0 Å². The van der Waals surface area contributed by atoms with Gasteiger partial charge in [0.1, 0.15) is 15.7 Å². The topological polar surface area (TPSA) is 55.1 Å². The molecule has 0 aromatic carbocycles. The first-order chi connectivity index (χ1) is 6.68. The molecule has 0 aliphatic heterocycles. The van der Waals surface area contributed by atoms with Gasteiger partial charge in [0.2, 0.25) is 0 Å². The predicted octanol–water partition coefficient (Wildman–Crippen LogP) is 1.94. The van der Waals surface area contributed by atoms with Crippen LogP contribution in [0.4, 0.5) is 0 Å². The highest BCUT2D eigenvalue weighted by Crippen LogP contribution is 2.21. The summed E-state index contributed by atoms with van der Waals surface area (Å²) >= 11 is 1.24. The maximum atomic E-state index is 10.7. The first-order valence-electron chi connectivity index (χ1n) is 4.02. The smallest absolute Gasteiger partial charge is 0.345 e. The van der Waals surface area contributed by atoms with E-state index in [0.717, 1.165) is 10.8 Å². The van der Waals surface area contributed by atoms with Crippen molar-refractivity contribution in [2.75, 3.05) is 0 Å². The van der Waals surface area contributed by atoms with E-state index in [1.165, 1.54) is 11.3 Å². The van der Waals surface area contributed by atoms with Crippen molar-refractivity contribution in [1.82, 2.24) is 9.55 Å². The van der Waals surface area contributed by atoms with Gasteiger partial charge >= 0.3 is 5.97 Å². The molecule has 0 amide bonds. The Kier molecular flexibility index (Phi) is 2.09. The molecule has 2 rings (SSSR count). The van der Waals surface area contributed by atoms with Crippen LogP contribution in [0.2, 0.25) is 0 Å². The van der Waals surface area contributed by atoms with Gasteiger partial charge in [0.15, 0.2) is 0 Å². The molecule has 5 heteroatoms. The number of rotatable bonds is 2. The van der Waals surface area contributed by atoms with Crippen molar-refractivity contribution < 1.29 is 9.90 Å². The monoisotopic (exact) mass is 208 g/mol. The number of imidazole rings is 1. The Balaban J connectivity index is 2.43. The molecule has 1 N–H and O–H groups in total. The highest BCUT2D eigenvalue weighted by molar-refractivity contribution is 7.16. The second-order valence-corrected chi connectivity index (χ2v) is 3.85. The number of carboxylic acids is 1. The summed E-state index contributed by atoms with van der Waals surface area (Å²) in [4.78, 5) is 15.1. The Labute approximate surface area is 84.5 Å². The van der Waals surface area contributed by atoms with Crippen molar-refractivity contribution in [3.8, 4) is 5.00 Å². The van der Waals surface area contributed by atoms with E-state index in [1.54, 1.807) is 18.3 Å². The van der Waals surface area contributed by atoms with Gasteiger partial charge in [-0.3, -0.25) is 4.57 Å². The van der Waals surface area contributed by atoms with Crippen LogP contribution < -0.4 is 0 Å². The Bertz CT molecular complexity index is 473. The van der Waals surface area contributed by atoms with Gasteiger partial charge < -0.3 is 5.11 Å². The van der Waals surface area contributed by atoms with Gasteiger partial charge in [-0.15, -0.1) is 11.3 Å². The van der Waals surface area contributed by atoms with Crippen LogP contribution in [0.1, 0.15) is 15.5 Å². The highest BCUT2D eigenvalue weighted by Gasteiger charge is 2.08. The number of aromatic carboxylic acids is 1. The van der Waals surface area contributed by atoms with E-state index >= 15 is 0 Å². The zero-order chi connectivity index (χ0) is 10.1. The minimum Gasteiger partial charge on any atom is -0.477 e. The Morgan fingerprint density at radius 1 is 1.57 bits per heavy atom. The molecule has 2 heterocycles. The fourth-order valence-corrected chi connectivity index (χ4v) is 2.06. The minimum atomic E-state index is -0.890. The number of aryl methyl sites for hydroxylation is 1. The van der Waals surface area contributed by atoms with Crippen LogP contribution >= 0.6 is 11.3 Å². The third-order valence-corrected chi connectivity index (χ3v) is 2.94. The quantitative estimate of drug-likeness (QED) is 0.820. The molecule has 2 aromatic rings. The fourth-order valence-electron chi connectivity index (χ4n) is 1.18.